The second-order valence-corrected chi connectivity index (χ2v) is 8.86. The van der Waals surface area contributed by atoms with Gasteiger partial charge in [-0.2, -0.15) is 10.1 Å². The average Bonchev–Trinajstić information content (AvgIpc) is 2.95. The van der Waals surface area contributed by atoms with Crippen molar-refractivity contribution in [2.75, 3.05) is 41.9 Å². The normalized spacial score (nSPS) is 13.6. The Morgan fingerprint density at radius 1 is 1.03 bits per heavy atom. The molecule has 4 aromatic rings. The van der Waals surface area contributed by atoms with Crippen molar-refractivity contribution in [3.63, 3.8) is 0 Å². The summed E-state index contributed by atoms with van der Waals surface area (Å²) in [5.74, 6) is 0.250. The second-order valence-electron chi connectivity index (χ2n) is 8.86. The molecule has 0 radical (unpaired) electrons. The molecule has 8 nitrogen and oxygen atoms in total. The number of nitrogens with one attached hydrogen (secondary N) is 2. The molecule has 1 aliphatic heterocycles. The van der Waals surface area contributed by atoms with Crippen LogP contribution in [0, 0.1) is 5.82 Å². The van der Waals surface area contributed by atoms with Gasteiger partial charge < -0.3 is 20.1 Å². The molecule has 1 aliphatic rings. The number of ether oxygens (including phenoxy) is 1. The van der Waals surface area contributed by atoms with Gasteiger partial charge in [-0.25, -0.2) is 14.8 Å². The molecule has 9 heteroatoms. The molecule has 0 atom stereocenters. The highest BCUT2D eigenvalue weighted by Crippen LogP contribution is 2.28. The number of aromatic nitrogens is 2. The van der Waals surface area contributed by atoms with Crippen LogP contribution in [0.3, 0.4) is 0 Å². The van der Waals surface area contributed by atoms with Crippen LogP contribution in [0.4, 0.5) is 27.5 Å². The van der Waals surface area contributed by atoms with Crippen molar-refractivity contribution in [1.82, 2.24) is 9.97 Å². The van der Waals surface area contributed by atoms with Crippen LogP contribution in [0.2, 0.25) is 0 Å². The van der Waals surface area contributed by atoms with Crippen molar-refractivity contribution >= 4 is 29.4 Å². The number of aromatic hydroxyl groups is 1. The summed E-state index contributed by atoms with van der Waals surface area (Å²) in [6, 6.07) is 21.3. The zero-order valence-corrected chi connectivity index (χ0v) is 21.1. The molecule has 1 aromatic heterocycles. The number of nitrogens with zero attached hydrogens (tertiary/aromatic N) is 4. The SMILES string of the molecule is CCc1cc(Nc2cccc(-c3cccc(O)c3)c2)ccc1/C=N/Nc1ncc(F)c(N2CCOCC2)n1. The summed E-state index contributed by atoms with van der Waals surface area (Å²) in [4.78, 5) is 10.2. The lowest BCUT2D eigenvalue weighted by Gasteiger charge is -2.27. The van der Waals surface area contributed by atoms with Gasteiger partial charge in [0.1, 0.15) is 5.75 Å². The van der Waals surface area contributed by atoms with E-state index in [1.165, 1.54) is 0 Å². The number of aryl methyl sites for hydroxylation is 1. The minimum atomic E-state index is -0.467. The van der Waals surface area contributed by atoms with Gasteiger partial charge in [0.15, 0.2) is 11.6 Å². The molecule has 0 spiro atoms. The maximum atomic E-state index is 14.3. The third-order valence-electron chi connectivity index (χ3n) is 6.26. The fourth-order valence-electron chi connectivity index (χ4n) is 4.31. The van der Waals surface area contributed by atoms with Crippen molar-refractivity contribution in [1.29, 1.82) is 0 Å². The standard InChI is InChI=1S/C29H29FN6O2/c1-2-20-15-25(33-24-7-3-5-21(16-24)22-6-4-8-26(37)17-22)10-9-23(20)18-32-35-29-31-19-27(30)28(34-29)36-11-13-38-14-12-36/h3-10,15-19,33,37H,2,11-14H2,1H3,(H,31,34,35)/b32-18+. The molecule has 194 valence electrons. The highest BCUT2D eigenvalue weighted by Gasteiger charge is 2.17. The summed E-state index contributed by atoms with van der Waals surface area (Å²) in [6.07, 6.45) is 3.68. The van der Waals surface area contributed by atoms with E-state index >= 15 is 0 Å². The summed E-state index contributed by atoms with van der Waals surface area (Å²) >= 11 is 0. The van der Waals surface area contributed by atoms with Gasteiger partial charge in [-0.1, -0.05) is 37.3 Å². The van der Waals surface area contributed by atoms with E-state index in [0.29, 0.717) is 26.3 Å². The number of anilines is 4. The minimum Gasteiger partial charge on any atom is -0.508 e. The second kappa shape index (κ2) is 11.7. The Morgan fingerprint density at radius 2 is 1.79 bits per heavy atom. The fraction of sp³-hybridized carbons (Fsp3) is 0.207. The van der Waals surface area contributed by atoms with E-state index in [2.05, 4.69) is 38.8 Å². The molecule has 0 amide bonds. The first kappa shape index (κ1) is 25.2. The number of rotatable bonds is 8. The Bertz CT molecular complexity index is 1440. The Labute approximate surface area is 220 Å². The highest BCUT2D eigenvalue weighted by molar-refractivity contribution is 5.83. The lowest BCUT2D eigenvalue weighted by atomic mass is 10.0. The highest BCUT2D eigenvalue weighted by atomic mass is 19.1. The van der Waals surface area contributed by atoms with Gasteiger partial charge in [-0.05, 0) is 65.1 Å². The fourth-order valence-corrected chi connectivity index (χ4v) is 4.31. The van der Waals surface area contributed by atoms with Gasteiger partial charge in [-0.15, -0.1) is 0 Å². The number of benzene rings is 3. The van der Waals surface area contributed by atoms with Gasteiger partial charge in [0.25, 0.3) is 0 Å². The molecule has 2 heterocycles. The summed E-state index contributed by atoms with van der Waals surface area (Å²) < 4.78 is 19.6. The van der Waals surface area contributed by atoms with E-state index < -0.39 is 5.82 Å². The zero-order chi connectivity index (χ0) is 26.3. The van der Waals surface area contributed by atoms with Crippen molar-refractivity contribution in [3.8, 4) is 16.9 Å². The summed E-state index contributed by atoms with van der Waals surface area (Å²) in [5.41, 5.74) is 8.74. The summed E-state index contributed by atoms with van der Waals surface area (Å²) in [5, 5.41) is 17.6. The molecule has 0 aliphatic carbocycles. The summed E-state index contributed by atoms with van der Waals surface area (Å²) in [7, 11) is 0. The van der Waals surface area contributed by atoms with Crippen molar-refractivity contribution in [2.45, 2.75) is 13.3 Å². The van der Waals surface area contributed by atoms with Gasteiger partial charge in [0, 0.05) is 24.5 Å². The van der Waals surface area contributed by atoms with Crippen LogP contribution in [-0.4, -0.2) is 47.6 Å². The molecule has 0 bridgehead atoms. The first-order valence-corrected chi connectivity index (χ1v) is 12.5. The van der Waals surface area contributed by atoms with E-state index in [9.17, 15) is 9.50 Å². The van der Waals surface area contributed by atoms with Gasteiger partial charge in [0.2, 0.25) is 5.95 Å². The van der Waals surface area contributed by atoms with E-state index in [1.54, 1.807) is 18.3 Å². The Kier molecular flexibility index (Phi) is 7.75. The first-order valence-electron chi connectivity index (χ1n) is 12.5. The molecule has 5 rings (SSSR count). The molecule has 3 N–H and O–H groups in total. The molecule has 1 fully saturated rings. The van der Waals surface area contributed by atoms with Crippen LogP contribution >= 0.6 is 0 Å². The molecule has 3 aromatic carbocycles. The predicted molar refractivity (Wildman–Crippen MR) is 149 cm³/mol. The van der Waals surface area contributed by atoms with E-state index in [0.717, 1.165) is 46.2 Å². The monoisotopic (exact) mass is 512 g/mol. The molecular formula is C29H29FN6O2. The number of phenolic OH excluding ortho intramolecular Hbond substituents is 1. The number of halogens is 1. The largest absolute Gasteiger partial charge is 0.508 e. The molecule has 1 saturated heterocycles. The Balaban J connectivity index is 1.27. The number of hydrogen-bond acceptors (Lipinski definition) is 8. The lowest BCUT2D eigenvalue weighted by Crippen LogP contribution is -2.37. The molecule has 0 saturated carbocycles. The molecular weight excluding hydrogens is 483 g/mol. The maximum absolute atomic E-state index is 14.3. The smallest absolute Gasteiger partial charge is 0.245 e. The van der Waals surface area contributed by atoms with Crippen LogP contribution in [0.1, 0.15) is 18.1 Å². The van der Waals surface area contributed by atoms with Crippen LogP contribution < -0.4 is 15.6 Å². The summed E-state index contributed by atoms with van der Waals surface area (Å²) in [6.45, 7) is 4.33. The molecule has 38 heavy (non-hydrogen) atoms. The van der Waals surface area contributed by atoms with E-state index in [1.807, 2.05) is 53.4 Å². The Morgan fingerprint density at radius 3 is 2.58 bits per heavy atom. The number of phenols is 1. The van der Waals surface area contributed by atoms with Gasteiger partial charge in [-0.3, -0.25) is 0 Å². The van der Waals surface area contributed by atoms with Crippen LogP contribution in [-0.2, 0) is 11.2 Å². The number of hydrazone groups is 1. The topological polar surface area (TPSA) is 94.9 Å². The van der Waals surface area contributed by atoms with E-state index in [-0.39, 0.29) is 17.5 Å². The third kappa shape index (κ3) is 6.07. The van der Waals surface area contributed by atoms with Crippen LogP contribution in [0.15, 0.2) is 78.0 Å². The third-order valence-corrected chi connectivity index (χ3v) is 6.26. The van der Waals surface area contributed by atoms with Crippen LogP contribution in [0.5, 0.6) is 5.75 Å². The quantitative estimate of drug-likeness (QED) is 0.210. The zero-order valence-electron chi connectivity index (χ0n) is 21.1. The minimum absolute atomic E-state index is 0.229. The van der Waals surface area contributed by atoms with Gasteiger partial charge in [0.05, 0.1) is 25.6 Å². The first-order chi connectivity index (χ1) is 18.6. The van der Waals surface area contributed by atoms with Gasteiger partial charge >= 0.3 is 0 Å². The maximum Gasteiger partial charge on any atom is 0.245 e. The lowest BCUT2D eigenvalue weighted by molar-refractivity contribution is 0.122. The van der Waals surface area contributed by atoms with Crippen LogP contribution in [0.25, 0.3) is 11.1 Å². The van der Waals surface area contributed by atoms with E-state index in [4.69, 9.17) is 4.74 Å². The predicted octanol–water partition coefficient (Wildman–Crippen LogP) is 5.58. The van der Waals surface area contributed by atoms with Crippen molar-refractivity contribution in [2.24, 2.45) is 5.10 Å². The Hall–Kier alpha value is -4.50. The molecule has 0 unspecified atom stereocenters. The number of morpholine rings is 1. The van der Waals surface area contributed by atoms with Crippen molar-refractivity contribution < 1.29 is 14.2 Å². The average molecular weight is 513 g/mol. The van der Waals surface area contributed by atoms with Crippen molar-refractivity contribution in [3.05, 3.63) is 89.9 Å². The number of hydrogen-bond donors (Lipinski definition) is 3.